The quantitative estimate of drug-likeness (QED) is 0.543. The molecule has 0 saturated heterocycles. The second kappa shape index (κ2) is 9.55. The van der Waals surface area contributed by atoms with E-state index in [0.29, 0.717) is 5.92 Å². The number of ether oxygens (including phenoxy) is 1. The van der Waals surface area contributed by atoms with Crippen molar-refractivity contribution >= 4 is 0 Å². The summed E-state index contributed by atoms with van der Waals surface area (Å²) in [4.78, 5) is 0. The number of alkyl halides is 1. The summed E-state index contributed by atoms with van der Waals surface area (Å²) >= 11 is 0. The second-order valence-electron chi connectivity index (χ2n) is 9.17. The minimum atomic E-state index is -0.104. The highest BCUT2D eigenvalue weighted by Gasteiger charge is 2.34. The first-order valence-corrected chi connectivity index (χ1v) is 10.8. The lowest BCUT2D eigenvalue weighted by atomic mass is 9.65. The average Bonchev–Trinajstić information content (AvgIpc) is 2.64. The standard InChI is InChI=1S/C22H39FO/c1-24-16-18-4-8-20(9-5-18)22-12-10-21(11-13-22)19-6-2-17(3-7-19)14-15-23/h17-22H,2-16H2,1H3. The van der Waals surface area contributed by atoms with Gasteiger partial charge in [-0.2, -0.15) is 0 Å². The molecule has 3 fully saturated rings. The van der Waals surface area contributed by atoms with Crippen LogP contribution in [0.25, 0.3) is 0 Å². The fraction of sp³-hybridized carbons (Fsp3) is 1.00. The number of hydrogen-bond donors (Lipinski definition) is 0. The van der Waals surface area contributed by atoms with Gasteiger partial charge in [-0.25, -0.2) is 0 Å². The van der Waals surface area contributed by atoms with Gasteiger partial charge in [-0.05, 0) is 106 Å². The van der Waals surface area contributed by atoms with E-state index in [-0.39, 0.29) is 6.67 Å². The lowest BCUT2D eigenvalue weighted by Gasteiger charge is -2.41. The maximum Gasteiger partial charge on any atom is 0.0897 e. The number of methoxy groups -OCH3 is 1. The van der Waals surface area contributed by atoms with Crippen LogP contribution in [0, 0.1) is 35.5 Å². The molecule has 0 radical (unpaired) electrons. The smallest absolute Gasteiger partial charge is 0.0897 e. The molecule has 0 atom stereocenters. The van der Waals surface area contributed by atoms with Gasteiger partial charge in [0.25, 0.3) is 0 Å². The molecule has 0 N–H and O–H groups in total. The van der Waals surface area contributed by atoms with Gasteiger partial charge in [-0.15, -0.1) is 0 Å². The molecule has 2 heteroatoms. The SMILES string of the molecule is COCC1CCC(C2CCC(C3CCC(CCF)CC3)CC2)CC1. The fourth-order valence-electron chi connectivity index (χ4n) is 6.25. The van der Waals surface area contributed by atoms with Crippen LogP contribution in [0.3, 0.4) is 0 Å². The van der Waals surface area contributed by atoms with Crippen LogP contribution in [0.2, 0.25) is 0 Å². The molecule has 3 saturated carbocycles. The van der Waals surface area contributed by atoms with Crippen molar-refractivity contribution in [1.29, 1.82) is 0 Å². The molecule has 0 bridgehead atoms. The zero-order chi connectivity index (χ0) is 16.8. The van der Waals surface area contributed by atoms with Crippen LogP contribution in [-0.2, 0) is 4.74 Å². The minimum Gasteiger partial charge on any atom is -0.384 e. The normalized spacial score (nSPS) is 41.2. The van der Waals surface area contributed by atoms with Gasteiger partial charge >= 0.3 is 0 Å². The third-order valence-electron chi connectivity index (χ3n) is 7.85. The minimum absolute atomic E-state index is 0.104. The Morgan fingerprint density at radius 3 is 1.38 bits per heavy atom. The molecule has 0 spiro atoms. The molecular weight excluding hydrogens is 299 g/mol. The van der Waals surface area contributed by atoms with Crippen molar-refractivity contribution in [3.05, 3.63) is 0 Å². The van der Waals surface area contributed by atoms with E-state index in [0.717, 1.165) is 42.6 Å². The van der Waals surface area contributed by atoms with E-state index in [1.54, 1.807) is 0 Å². The van der Waals surface area contributed by atoms with Gasteiger partial charge in [-0.3, -0.25) is 4.39 Å². The molecular formula is C22H39FO. The number of hydrogen-bond acceptors (Lipinski definition) is 1. The number of halogens is 1. The van der Waals surface area contributed by atoms with Crippen LogP contribution < -0.4 is 0 Å². The average molecular weight is 339 g/mol. The third kappa shape index (κ3) is 4.96. The molecule has 0 heterocycles. The third-order valence-corrected chi connectivity index (χ3v) is 7.85. The Morgan fingerprint density at radius 2 is 1.00 bits per heavy atom. The van der Waals surface area contributed by atoms with Gasteiger partial charge in [0.2, 0.25) is 0 Å². The van der Waals surface area contributed by atoms with E-state index in [1.807, 2.05) is 7.11 Å². The van der Waals surface area contributed by atoms with Gasteiger partial charge in [0.15, 0.2) is 0 Å². The van der Waals surface area contributed by atoms with Gasteiger partial charge < -0.3 is 4.74 Å². The van der Waals surface area contributed by atoms with Crippen molar-refractivity contribution < 1.29 is 9.13 Å². The summed E-state index contributed by atoms with van der Waals surface area (Å²) < 4.78 is 17.9. The van der Waals surface area contributed by atoms with Crippen LogP contribution in [0.5, 0.6) is 0 Å². The molecule has 0 amide bonds. The summed E-state index contributed by atoms with van der Waals surface area (Å²) in [6.07, 6.45) is 17.9. The van der Waals surface area contributed by atoms with Crippen LogP contribution in [0.4, 0.5) is 4.39 Å². The molecule has 3 aliphatic carbocycles. The first kappa shape index (κ1) is 18.7. The van der Waals surface area contributed by atoms with E-state index >= 15 is 0 Å². The van der Waals surface area contributed by atoms with Gasteiger partial charge in [0.1, 0.15) is 0 Å². The van der Waals surface area contributed by atoms with Crippen molar-refractivity contribution in [3.8, 4) is 0 Å². The maximum atomic E-state index is 12.5. The van der Waals surface area contributed by atoms with Gasteiger partial charge in [0, 0.05) is 13.7 Å². The summed E-state index contributed by atoms with van der Waals surface area (Å²) in [6.45, 7) is 0.873. The Hall–Kier alpha value is -0.110. The molecule has 0 aliphatic heterocycles. The Bertz CT molecular complexity index is 300. The molecule has 24 heavy (non-hydrogen) atoms. The lowest BCUT2D eigenvalue weighted by molar-refractivity contribution is 0.0800. The van der Waals surface area contributed by atoms with Crippen LogP contribution in [-0.4, -0.2) is 20.4 Å². The molecule has 0 aromatic rings. The highest BCUT2D eigenvalue weighted by atomic mass is 19.1. The van der Waals surface area contributed by atoms with E-state index < -0.39 is 0 Å². The van der Waals surface area contributed by atoms with E-state index in [2.05, 4.69) is 0 Å². The maximum absolute atomic E-state index is 12.5. The summed E-state index contributed by atoms with van der Waals surface area (Å²) in [7, 11) is 1.85. The molecule has 0 unspecified atom stereocenters. The first-order chi connectivity index (χ1) is 11.8. The predicted molar refractivity (Wildman–Crippen MR) is 98.8 cm³/mol. The van der Waals surface area contributed by atoms with Crippen LogP contribution in [0.1, 0.15) is 83.5 Å². The monoisotopic (exact) mass is 338 g/mol. The molecule has 1 nitrogen and oxygen atoms in total. The highest BCUT2D eigenvalue weighted by Crippen LogP contribution is 2.46. The van der Waals surface area contributed by atoms with Crippen molar-refractivity contribution in [1.82, 2.24) is 0 Å². The zero-order valence-corrected chi connectivity index (χ0v) is 15.9. The molecule has 3 aliphatic rings. The molecule has 0 aromatic heterocycles. The molecule has 140 valence electrons. The van der Waals surface area contributed by atoms with Crippen molar-refractivity contribution in [2.24, 2.45) is 35.5 Å². The highest BCUT2D eigenvalue weighted by molar-refractivity contribution is 4.85. The Kier molecular flexibility index (Phi) is 7.43. The van der Waals surface area contributed by atoms with Crippen molar-refractivity contribution in [2.75, 3.05) is 20.4 Å². The predicted octanol–water partition coefficient (Wildman–Crippen LogP) is 6.41. The zero-order valence-electron chi connectivity index (χ0n) is 15.9. The first-order valence-electron chi connectivity index (χ1n) is 10.8. The summed E-state index contributed by atoms with van der Waals surface area (Å²) in [6, 6.07) is 0. The Labute approximate surface area is 149 Å². The van der Waals surface area contributed by atoms with E-state index in [1.165, 1.54) is 77.0 Å². The Balaban J connectivity index is 1.36. The molecule has 0 aromatic carbocycles. The van der Waals surface area contributed by atoms with Crippen LogP contribution in [0.15, 0.2) is 0 Å². The largest absolute Gasteiger partial charge is 0.384 e. The van der Waals surface area contributed by atoms with Crippen LogP contribution >= 0.6 is 0 Å². The summed E-state index contributed by atoms with van der Waals surface area (Å²) in [5.74, 6) is 5.54. The Morgan fingerprint density at radius 1 is 0.625 bits per heavy atom. The summed E-state index contributed by atoms with van der Waals surface area (Å²) in [5.41, 5.74) is 0. The number of rotatable bonds is 6. The van der Waals surface area contributed by atoms with Crippen molar-refractivity contribution in [2.45, 2.75) is 83.5 Å². The van der Waals surface area contributed by atoms with Gasteiger partial charge in [-0.1, -0.05) is 12.8 Å². The van der Waals surface area contributed by atoms with E-state index in [9.17, 15) is 4.39 Å². The topological polar surface area (TPSA) is 9.23 Å². The van der Waals surface area contributed by atoms with Crippen molar-refractivity contribution in [3.63, 3.8) is 0 Å². The van der Waals surface area contributed by atoms with Gasteiger partial charge in [0.05, 0.1) is 6.67 Å². The lowest BCUT2D eigenvalue weighted by Crippen LogP contribution is -2.30. The van der Waals surface area contributed by atoms with E-state index in [4.69, 9.17) is 4.74 Å². The molecule has 3 rings (SSSR count). The summed E-state index contributed by atoms with van der Waals surface area (Å²) in [5, 5.41) is 0. The second-order valence-corrected chi connectivity index (χ2v) is 9.17. The fourth-order valence-corrected chi connectivity index (χ4v) is 6.25.